The van der Waals surface area contributed by atoms with Crippen LogP contribution in [0, 0.1) is 0 Å². The molecule has 3 aromatic rings. The van der Waals surface area contributed by atoms with E-state index in [1.165, 1.54) is 6.20 Å². The molecule has 5 nitrogen and oxygen atoms in total. The van der Waals surface area contributed by atoms with Crippen molar-refractivity contribution in [1.82, 2.24) is 14.9 Å². The predicted molar refractivity (Wildman–Crippen MR) is 83.8 cm³/mol. The molecule has 3 rings (SSSR count). The molecule has 0 aliphatic rings. The Hall–Kier alpha value is -2.55. The van der Waals surface area contributed by atoms with Crippen LogP contribution < -0.4 is 5.32 Å². The largest absolute Gasteiger partial charge is 0.434 e. The van der Waals surface area contributed by atoms with Gasteiger partial charge in [0.15, 0.2) is 10.8 Å². The molecular weight excluding hydrogens is 341 g/mol. The molecule has 1 aromatic carbocycles. The van der Waals surface area contributed by atoms with Gasteiger partial charge < -0.3 is 10.5 Å². The molecule has 0 saturated heterocycles. The number of hydrogen-bond donors (Lipinski definition) is 2. The minimum atomic E-state index is -4.44. The Morgan fingerprint density at radius 3 is 2.46 bits per heavy atom. The zero-order chi connectivity index (χ0) is 17.3. The molecule has 126 valence electrons. The fraction of sp³-hybridized carbons (Fsp3) is 0.200. The summed E-state index contributed by atoms with van der Waals surface area (Å²) >= 11 is 0.895. The fourth-order valence-corrected chi connectivity index (χ4v) is 2.97. The van der Waals surface area contributed by atoms with Crippen molar-refractivity contribution in [3.05, 3.63) is 58.9 Å². The number of nitrogens with one attached hydrogen (secondary N) is 1. The molecule has 2 aromatic heterocycles. The minimum absolute atomic E-state index is 0.0803. The van der Waals surface area contributed by atoms with Crippen LogP contribution in [-0.4, -0.2) is 20.1 Å². The molecule has 0 fully saturated rings. The van der Waals surface area contributed by atoms with E-state index in [0.29, 0.717) is 11.4 Å². The van der Waals surface area contributed by atoms with Gasteiger partial charge in [0.05, 0.1) is 11.9 Å². The first-order valence-electron chi connectivity index (χ1n) is 6.97. The van der Waals surface area contributed by atoms with E-state index in [1.807, 2.05) is 19.1 Å². The van der Waals surface area contributed by atoms with Gasteiger partial charge in [-0.05, 0) is 23.8 Å². The minimum Gasteiger partial charge on any atom is -0.411 e. The van der Waals surface area contributed by atoms with E-state index in [-0.39, 0.29) is 11.0 Å². The second kappa shape index (κ2) is 6.16. The standard InChI is InChI=1S/C15H13F3N4OS/c1-9(12-6-7-19-22(12)23)10-2-4-11(5-3-10)20-14-21-13(8-24-14)15(16,17)18/h2-9,23H,1H3,(H,20,21)/t9-/m1/s1. The van der Waals surface area contributed by atoms with Crippen molar-refractivity contribution in [2.75, 3.05) is 5.32 Å². The van der Waals surface area contributed by atoms with E-state index < -0.39 is 11.9 Å². The Morgan fingerprint density at radius 1 is 1.21 bits per heavy atom. The molecule has 9 heteroatoms. The van der Waals surface area contributed by atoms with E-state index in [2.05, 4.69) is 15.4 Å². The molecule has 0 aliphatic heterocycles. The second-order valence-electron chi connectivity index (χ2n) is 5.15. The third-order valence-electron chi connectivity index (χ3n) is 3.55. The number of alkyl halides is 3. The van der Waals surface area contributed by atoms with E-state index in [0.717, 1.165) is 27.1 Å². The zero-order valence-corrected chi connectivity index (χ0v) is 13.3. The Bertz CT molecular complexity index is 826. The number of anilines is 2. The quantitative estimate of drug-likeness (QED) is 0.678. The van der Waals surface area contributed by atoms with Gasteiger partial charge >= 0.3 is 6.18 Å². The lowest BCUT2D eigenvalue weighted by molar-refractivity contribution is -0.140. The summed E-state index contributed by atoms with van der Waals surface area (Å²) in [6.45, 7) is 1.92. The first-order valence-corrected chi connectivity index (χ1v) is 7.85. The number of thiazole rings is 1. The molecule has 0 saturated carbocycles. The molecule has 0 amide bonds. The molecule has 24 heavy (non-hydrogen) atoms. The monoisotopic (exact) mass is 354 g/mol. The Kier molecular flexibility index (Phi) is 4.18. The lowest BCUT2D eigenvalue weighted by Crippen LogP contribution is -2.05. The van der Waals surface area contributed by atoms with E-state index in [4.69, 9.17) is 0 Å². The van der Waals surface area contributed by atoms with Gasteiger partial charge in [-0.25, -0.2) is 4.98 Å². The van der Waals surface area contributed by atoms with Gasteiger partial charge in [-0.2, -0.15) is 13.2 Å². The van der Waals surface area contributed by atoms with Gasteiger partial charge in [0, 0.05) is 17.0 Å². The molecule has 2 N–H and O–H groups in total. The van der Waals surface area contributed by atoms with Crippen molar-refractivity contribution in [3.8, 4) is 0 Å². The Morgan fingerprint density at radius 2 is 1.92 bits per heavy atom. The molecule has 2 heterocycles. The predicted octanol–water partition coefficient (Wildman–Crippen LogP) is 4.49. The highest BCUT2D eigenvalue weighted by Gasteiger charge is 2.33. The zero-order valence-electron chi connectivity index (χ0n) is 12.4. The highest BCUT2D eigenvalue weighted by atomic mass is 32.1. The van der Waals surface area contributed by atoms with E-state index in [9.17, 15) is 18.4 Å². The highest BCUT2D eigenvalue weighted by Crippen LogP contribution is 2.33. The second-order valence-corrected chi connectivity index (χ2v) is 6.01. The number of nitrogens with zero attached hydrogens (tertiary/aromatic N) is 3. The van der Waals surface area contributed by atoms with Crippen LogP contribution in [0.4, 0.5) is 24.0 Å². The smallest absolute Gasteiger partial charge is 0.411 e. The Balaban J connectivity index is 1.73. The van der Waals surface area contributed by atoms with Crippen LogP contribution in [0.1, 0.15) is 29.8 Å². The lowest BCUT2D eigenvalue weighted by atomic mass is 9.98. The van der Waals surface area contributed by atoms with Crippen molar-refractivity contribution < 1.29 is 18.4 Å². The van der Waals surface area contributed by atoms with Gasteiger partial charge in [0.25, 0.3) is 0 Å². The SMILES string of the molecule is C[C@H](c1ccc(Nc2nc(C(F)(F)F)cs2)cc1)c1ccnn1O. The number of rotatable bonds is 4. The average molecular weight is 354 g/mol. The molecular formula is C15H13F3N4OS. The van der Waals surface area contributed by atoms with Crippen molar-refractivity contribution in [2.45, 2.75) is 19.0 Å². The number of hydrogen-bond acceptors (Lipinski definition) is 5. The first kappa shape index (κ1) is 16.3. The van der Waals surface area contributed by atoms with Gasteiger partial charge in [-0.15, -0.1) is 21.3 Å². The van der Waals surface area contributed by atoms with Crippen LogP contribution in [0.3, 0.4) is 0 Å². The summed E-state index contributed by atoms with van der Waals surface area (Å²) in [5.41, 5.74) is 1.31. The Labute approximate surface area is 139 Å². The number of aromatic nitrogens is 3. The van der Waals surface area contributed by atoms with Crippen LogP contribution >= 0.6 is 11.3 Å². The lowest BCUT2D eigenvalue weighted by Gasteiger charge is -2.12. The molecule has 0 unspecified atom stereocenters. The molecule has 0 bridgehead atoms. The number of halogens is 3. The summed E-state index contributed by atoms with van der Waals surface area (Å²) in [5.74, 6) is -0.0803. The van der Waals surface area contributed by atoms with Crippen LogP contribution in [0.15, 0.2) is 41.9 Å². The maximum absolute atomic E-state index is 12.5. The van der Waals surface area contributed by atoms with E-state index >= 15 is 0 Å². The normalized spacial score (nSPS) is 13.0. The average Bonchev–Trinajstić information content (AvgIpc) is 3.16. The van der Waals surface area contributed by atoms with Gasteiger partial charge in [0.2, 0.25) is 0 Å². The van der Waals surface area contributed by atoms with Crippen LogP contribution in [-0.2, 0) is 6.18 Å². The summed E-state index contributed by atoms with van der Waals surface area (Å²) < 4.78 is 37.6. The molecule has 0 radical (unpaired) electrons. The van der Waals surface area contributed by atoms with Crippen molar-refractivity contribution in [2.24, 2.45) is 0 Å². The third kappa shape index (κ3) is 3.35. The van der Waals surface area contributed by atoms with E-state index in [1.54, 1.807) is 18.2 Å². The van der Waals surface area contributed by atoms with Gasteiger partial charge in [-0.3, -0.25) is 0 Å². The van der Waals surface area contributed by atoms with Crippen LogP contribution in [0.5, 0.6) is 0 Å². The summed E-state index contributed by atoms with van der Waals surface area (Å²) in [6, 6.07) is 8.87. The molecule has 0 aliphatic carbocycles. The fourth-order valence-electron chi connectivity index (χ4n) is 2.23. The summed E-state index contributed by atoms with van der Waals surface area (Å²) in [7, 11) is 0. The summed E-state index contributed by atoms with van der Waals surface area (Å²) in [4.78, 5) is 4.35. The van der Waals surface area contributed by atoms with Crippen LogP contribution in [0.25, 0.3) is 0 Å². The summed E-state index contributed by atoms with van der Waals surface area (Å²) in [6.07, 6.45) is -2.94. The maximum atomic E-state index is 12.5. The first-order chi connectivity index (χ1) is 11.3. The van der Waals surface area contributed by atoms with Gasteiger partial charge in [-0.1, -0.05) is 19.1 Å². The molecule has 1 atom stereocenters. The maximum Gasteiger partial charge on any atom is 0.434 e. The topological polar surface area (TPSA) is 63.0 Å². The molecule has 0 spiro atoms. The highest BCUT2D eigenvalue weighted by molar-refractivity contribution is 7.13. The van der Waals surface area contributed by atoms with Crippen molar-refractivity contribution >= 4 is 22.2 Å². The van der Waals surface area contributed by atoms with Crippen LogP contribution in [0.2, 0.25) is 0 Å². The summed E-state index contributed by atoms with van der Waals surface area (Å²) in [5, 5.41) is 17.3. The van der Waals surface area contributed by atoms with Crippen molar-refractivity contribution in [3.63, 3.8) is 0 Å². The van der Waals surface area contributed by atoms with Gasteiger partial charge in [0.1, 0.15) is 0 Å². The third-order valence-corrected chi connectivity index (χ3v) is 4.31. The number of benzene rings is 1. The van der Waals surface area contributed by atoms with Crippen molar-refractivity contribution in [1.29, 1.82) is 0 Å².